The quantitative estimate of drug-likeness (QED) is 0.825. The van der Waals surface area contributed by atoms with Gasteiger partial charge in [0.15, 0.2) is 11.6 Å². The Morgan fingerprint density at radius 1 is 1.09 bits per heavy atom. The first-order valence-corrected chi connectivity index (χ1v) is 7.11. The molecule has 0 spiro atoms. The summed E-state index contributed by atoms with van der Waals surface area (Å²) in [5, 5.41) is 5.50. The van der Waals surface area contributed by atoms with E-state index >= 15 is 0 Å². The van der Waals surface area contributed by atoms with Crippen LogP contribution < -0.4 is 10.6 Å². The van der Waals surface area contributed by atoms with Crippen LogP contribution in [0.3, 0.4) is 0 Å². The Bertz CT molecular complexity index is 677. The molecule has 0 heterocycles. The number of ether oxygens (including phenoxy) is 1. The van der Waals surface area contributed by atoms with Gasteiger partial charge < -0.3 is 15.4 Å². The van der Waals surface area contributed by atoms with Crippen molar-refractivity contribution in [2.45, 2.75) is 13.2 Å². The maximum atomic E-state index is 13.0. The molecule has 0 saturated carbocycles. The Morgan fingerprint density at radius 3 is 2.61 bits per heavy atom. The van der Waals surface area contributed by atoms with Gasteiger partial charge in [0.05, 0.1) is 13.2 Å². The third-order valence-corrected chi connectivity index (χ3v) is 3.16. The van der Waals surface area contributed by atoms with Gasteiger partial charge in [-0.25, -0.2) is 8.78 Å². The van der Waals surface area contributed by atoms with Crippen LogP contribution in [-0.4, -0.2) is 19.6 Å². The smallest absolute Gasteiger partial charge is 0.239 e. The van der Waals surface area contributed by atoms with Gasteiger partial charge >= 0.3 is 0 Å². The summed E-state index contributed by atoms with van der Waals surface area (Å²) in [6, 6.07) is 11.1. The van der Waals surface area contributed by atoms with E-state index < -0.39 is 11.6 Å². The second-order valence-electron chi connectivity index (χ2n) is 5.01. The van der Waals surface area contributed by atoms with Gasteiger partial charge in [0, 0.05) is 25.4 Å². The average molecular weight is 320 g/mol. The fourth-order valence-electron chi connectivity index (χ4n) is 2.05. The van der Waals surface area contributed by atoms with Crippen molar-refractivity contribution in [3.05, 3.63) is 65.2 Å². The molecule has 2 rings (SSSR count). The minimum Gasteiger partial charge on any atom is -0.380 e. The van der Waals surface area contributed by atoms with Crippen molar-refractivity contribution in [3.8, 4) is 0 Å². The molecule has 2 aromatic rings. The summed E-state index contributed by atoms with van der Waals surface area (Å²) < 4.78 is 30.9. The van der Waals surface area contributed by atoms with Gasteiger partial charge in [-0.15, -0.1) is 0 Å². The molecule has 1 amide bonds. The van der Waals surface area contributed by atoms with Crippen molar-refractivity contribution in [3.63, 3.8) is 0 Å². The highest BCUT2D eigenvalue weighted by molar-refractivity contribution is 5.80. The molecule has 2 aromatic carbocycles. The molecule has 2 N–H and O–H groups in total. The van der Waals surface area contributed by atoms with Crippen molar-refractivity contribution in [2.75, 3.05) is 19.0 Å². The van der Waals surface area contributed by atoms with E-state index in [9.17, 15) is 13.6 Å². The summed E-state index contributed by atoms with van der Waals surface area (Å²) in [4.78, 5) is 11.8. The number of carbonyl (C=O) groups excluding carboxylic acids is 1. The first kappa shape index (κ1) is 16.9. The van der Waals surface area contributed by atoms with Crippen LogP contribution in [0, 0.1) is 11.6 Å². The van der Waals surface area contributed by atoms with E-state index in [4.69, 9.17) is 4.74 Å². The molecule has 0 aliphatic carbocycles. The fourth-order valence-corrected chi connectivity index (χ4v) is 2.05. The SMILES string of the molecule is COCc1cccc(CNC(=O)CNc2ccc(F)c(F)c2)c1. The van der Waals surface area contributed by atoms with E-state index in [0.29, 0.717) is 18.8 Å². The van der Waals surface area contributed by atoms with Crippen molar-refractivity contribution in [1.82, 2.24) is 5.32 Å². The second kappa shape index (κ2) is 8.24. The molecule has 0 aliphatic heterocycles. The first-order valence-electron chi connectivity index (χ1n) is 7.11. The highest BCUT2D eigenvalue weighted by atomic mass is 19.2. The Balaban J connectivity index is 1.80. The molecule has 0 fully saturated rings. The van der Waals surface area contributed by atoms with E-state index in [-0.39, 0.29) is 12.5 Å². The first-order chi connectivity index (χ1) is 11.1. The number of carbonyl (C=O) groups is 1. The highest BCUT2D eigenvalue weighted by Crippen LogP contribution is 2.12. The maximum absolute atomic E-state index is 13.0. The van der Waals surface area contributed by atoms with Crippen LogP contribution >= 0.6 is 0 Å². The lowest BCUT2D eigenvalue weighted by Crippen LogP contribution is -2.29. The van der Waals surface area contributed by atoms with Gasteiger partial charge in [-0.3, -0.25) is 4.79 Å². The molecular weight excluding hydrogens is 302 g/mol. The van der Waals surface area contributed by atoms with Gasteiger partial charge in [0.2, 0.25) is 5.91 Å². The predicted octanol–water partition coefficient (Wildman–Crippen LogP) is 2.84. The topological polar surface area (TPSA) is 50.4 Å². The zero-order chi connectivity index (χ0) is 16.7. The third-order valence-electron chi connectivity index (χ3n) is 3.16. The molecule has 0 radical (unpaired) electrons. The summed E-state index contributed by atoms with van der Waals surface area (Å²) in [6.45, 7) is 0.873. The van der Waals surface area contributed by atoms with Crippen molar-refractivity contribution < 1.29 is 18.3 Å². The van der Waals surface area contributed by atoms with Gasteiger partial charge in [0.1, 0.15) is 0 Å². The summed E-state index contributed by atoms with van der Waals surface area (Å²) in [7, 11) is 1.62. The van der Waals surface area contributed by atoms with Gasteiger partial charge in [-0.2, -0.15) is 0 Å². The van der Waals surface area contributed by atoms with Crippen LogP contribution in [0.4, 0.5) is 14.5 Å². The van der Waals surface area contributed by atoms with E-state index in [0.717, 1.165) is 23.3 Å². The van der Waals surface area contributed by atoms with Gasteiger partial charge in [0.25, 0.3) is 0 Å². The zero-order valence-electron chi connectivity index (χ0n) is 12.7. The monoisotopic (exact) mass is 320 g/mol. The van der Waals surface area contributed by atoms with E-state index in [1.54, 1.807) is 7.11 Å². The molecule has 0 unspecified atom stereocenters. The van der Waals surface area contributed by atoms with Crippen LogP contribution in [0.25, 0.3) is 0 Å². The molecule has 0 aromatic heterocycles. The lowest BCUT2D eigenvalue weighted by atomic mass is 10.1. The number of methoxy groups -OCH3 is 1. The molecule has 122 valence electrons. The Kier molecular flexibility index (Phi) is 6.05. The van der Waals surface area contributed by atoms with Crippen LogP contribution in [0.5, 0.6) is 0 Å². The number of benzene rings is 2. The normalized spacial score (nSPS) is 10.4. The number of halogens is 2. The number of anilines is 1. The van der Waals surface area contributed by atoms with E-state index in [2.05, 4.69) is 10.6 Å². The standard InChI is InChI=1S/C17H18F2N2O2/c1-23-11-13-4-2-3-12(7-13)9-21-17(22)10-20-14-5-6-15(18)16(19)8-14/h2-8,20H,9-11H2,1H3,(H,21,22). The Hall–Kier alpha value is -2.47. The zero-order valence-corrected chi connectivity index (χ0v) is 12.7. The fraction of sp³-hybridized carbons (Fsp3) is 0.235. The molecule has 4 nitrogen and oxygen atoms in total. The van der Waals surface area contributed by atoms with Crippen molar-refractivity contribution >= 4 is 11.6 Å². The number of amides is 1. The predicted molar refractivity (Wildman–Crippen MR) is 83.8 cm³/mol. The Labute approximate surface area is 133 Å². The van der Waals surface area contributed by atoms with Crippen LogP contribution in [0.15, 0.2) is 42.5 Å². The van der Waals surface area contributed by atoms with Crippen LogP contribution in [0.1, 0.15) is 11.1 Å². The second-order valence-corrected chi connectivity index (χ2v) is 5.01. The summed E-state index contributed by atoms with van der Waals surface area (Å²) in [5.41, 5.74) is 2.33. The van der Waals surface area contributed by atoms with Crippen molar-refractivity contribution in [2.24, 2.45) is 0 Å². The number of hydrogen-bond donors (Lipinski definition) is 2. The van der Waals surface area contributed by atoms with E-state index in [1.807, 2.05) is 24.3 Å². The average Bonchev–Trinajstić information content (AvgIpc) is 2.55. The lowest BCUT2D eigenvalue weighted by Gasteiger charge is -2.09. The van der Waals surface area contributed by atoms with Crippen LogP contribution in [-0.2, 0) is 22.7 Å². The van der Waals surface area contributed by atoms with Gasteiger partial charge in [-0.05, 0) is 23.3 Å². The molecule has 0 atom stereocenters. The lowest BCUT2D eigenvalue weighted by molar-refractivity contribution is -0.119. The van der Waals surface area contributed by atoms with Crippen molar-refractivity contribution in [1.29, 1.82) is 0 Å². The minimum absolute atomic E-state index is 0.0250. The summed E-state index contributed by atoms with van der Waals surface area (Å²) >= 11 is 0. The molecule has 0 bridgehead atoms. The third kappa shape index (κ3) is 5.34. The van der Waals surface area contributed by atoms with Crippen LogP contribution in [0.2, 0.25) is 0 Å². The van der Waals surface area contributed by atoms with E-state index in [1.165, 1.54) is 6.07 Å². The number of rotatable bonds is 7. The Morgan fingerprint density at radius 2 is 1.87 bits per heavy atom. The minimum atomic E-state index is -0.953. The molecule has 6 heteroatoms. The summed E-state index contributed by atoms with van der Waals surface area (Å²) in [5.74, 6) is -2.12. The number of hydrogen-bond acceptors (Lipinski definition) is 3. The highest BCUT2D eigenvalue weighted by Gasteiger charge is 2.05. The molecular formula is C17H18F2N2O2. The number of nitrogens with one attached hydrogen (secondary N) is 2. The largest absolute Gasteiger partial charge is 0.380 e. The van der Waals surface area contributed by atoms with Gasteiger partial charge in [-0.1, -0.05) is 24.3 Å². The molecule has 0 saturated heterocycles. The molecule has 23 heavy (non-hydrogen) atoms. The summed E-state index contributed by atoms with van der Waals surface area (Å²) in [6.07, 6.45) is 0. The molecule has 0 aliphatic rings. The maximum Gasteiger partial charge on any atom is 0.239 e.